The van der Waals surface area contributed by atoms with Crippen molar-refractivity contribution in [1.29, 1.82) is 0 Å². The number of hydrogen-bond acceptors (Lipinski definition) is 7. The molecule has 2 rings (SSSR count). The van der Waals surface area contributed by atoms with E-state index in [-0.39, 0.29) is 28.6 Å². The lowest BCUT2D eigenvalue weighted by molar-refractivity contribution is -0.163. The Morgan fingerprint density at radius 1 is 0.778 bits per heavy atom. The molecular formula is C29H56N2O5. The van der Waals surface area contributed by atoms with Gasteiger partial charge in [-0.15, -0.1) is 0 Å². The number of rotatable bonds is 10. The lowest BCUT2D eigenvalue weighted by atomic mass is 9.71. The number of methoxy groups -OCH3 is 1. The zero-order chi connectivity index (χ0) is 27.3. The molecule has 0 heterocycles. The third-order valence-corrected chi connectivity index (χ3v) is 7.00. The van der Waals surface area contributed by atoms with Crippen LogP contribution in [0.25, 0.3) is 0 Å². The third-order valence-electron chi connectivity index (χ3n) is 7.00. The summed E-state index contributed by atoms with van der Waals surface area (Å²) in [7, 11) is 1.70. The quantitative estimate of drug-likeness (QED) is 0.287. The molecule has 0 bridgehead atoms. The summed E-state index contributed by atoms with van der Waals surface area (Å²) in [6.07, 6.45) is 13.4. The van der Waals surface area contributed by atoms with Crippen LogP contribution in [0.5, 0.6) is 0 Å². The second-order valence-electron chi connectivity index (χ2n) is 12.9. The van der Waals surface area contributed by atoms with Crippen LogP contribution in [0.4, 0.5) is 0 Å². The van der Waals surface area contributed by atoms with Crippen LogP contribution in [0, 0.1) is 5.41 Å². The highest BCUT2D eigenvalue weighted by Crippen LogP contribution is 2.39. The highest BCUT2D eigenvalue weighted by atomic mass is 16.6. The van der Waals surface area contributed by atoms with Crippen molar-refractivity contribution < 1.29 is 23.8 Å². The summed E-state index contributed by atoms with van der Waals surface area (Å²) in [5, 5.41) is 3.48. The van der Waals surface area contributed by atoms with Gasteiger partial charge in [0, 0.05) is 13.7 Å². The van der Waals surface area contributed by atoms with E-state index in [1.807, 2.05) is 41.5 Å². The molecule has 0 aromatic heterocycles. The van der Waals surface area contributed by atoms with Crippen molar-refractivity contribution in [2.24, 2.45) is 11.1 Å². The summed E-state index contributed by atoms with van der Waals surface area (Å²) in [4.78, 5) is 23.9. The first-order valence-electron chi connectivity index (χ1n) is 14.1. The summed E-state index contributed by atoms with van der Waals surface area (Å²) < 4.78 is 16.4. The van der Waals surface area contributed by atoms with Gasteiger partial charge in [0.05, 0.1) is 18.4 Å². The molecule has 2 saturated carbocycles. The first-order chi connectivity index (χ1) is 16.7. The van der Waals surface area contributed by atoms with Gasteiger partial charge in [-0.1, -0.05) is 38.5 Å². The highest BCUT2D eigenvalue weighted by Gasteiger charge is 2.36. The van der Waals surface area contributed by atoms with Crippen LogP contribution in [0.1, 0.15) is 125 Å². The predicted octanol–water partition coefficient (Wildman–Crippen LogP) is 5.67. The van der Waals surface area contributed by atoms with E-state index in [1.54, 1.807) is 7.11 Å². The van der Waals surface area contributed by atoms with Gasteiger partial charge in [0.2, 0.25) is 0 Å². The second kappa shape index (κ2) is 15.3. The Morgan fingerprint density at radius 3 is 1.69 bits per heavy atom. The smallest absolute Gasteiger partial charge is 0.309 e. The van der Waals surface area contributed by atoms with Crippen molar-refractivity contribution >= 4 is 11.9 Å². The van der Waals surface area contributed by atoms with Crippen molar-refractivity contribution in [2.75, 3.05) is 26.7 Å². The summed E-state index contributed by atoms with van der Waals surface area (Å²) in [6, 6.07) is 0. The molecular weight excluding hydrogens is 456 g/mol. The molecule has 2 aliphatic rings. The molecule has 0 aliphatic heterocycles. The number of nitrogens with one attached hydrogen (secondary N) is 1. The third kappa shape index (κ3) is 13.9. The average molecular weight is 513 g/mol. The normalized spacial score (nSPS) is 19.6. The van der Waals surface area contributed by atoms with Crippen molar-refractivity contribution in [3.8, 4) is 0 Å². The molecule has 0 amide bonds. The van der Waals surface area contributed by atoms with E-state index < -0.39 is 5.60 Å². The fourth-order valence-corrected chi connectivity index (χ4v) is 5.27. The van der Waals surface area contributed by atoms with Crippen LogP contribution in [0.15, 0.2) is 0 Å². The van der Waals surface area contributed by atoms with Crippen LogP contribution in [-0.4, -0.2) is 55.5 Å². The predicted molar refractivity (Wildman–Crippen MR) is 146 cm³/mol. The number of ether oxygens (including phenoxy) is 3. The Morgan fingerprint density at radius 2 is 1.25 bits per heavy atom. The lowest BCUT2D eigenvalue weighted by Gasteiger charge is -2.37. The summed E-state index contributed by atoms with van der Waals surface area (Å²) in [5.41, 5.74) is 4.55. The maximum absolute atomic E-state index is 12.2. The van der Waals surface area contributed by atoms with Gasteiger partial charge in [0.15, 0.2) is 0 Å². The van der Waals surface area contributed by atoms with Gasteiger partial charge >= 0.3 is 11.9 Å². The molecule has 212 valence electrons. The molecule has 0 saturated heterocycles. The van der Waals surface area contributed by atoms with E-state index >= 15 is 0 Å². The van der Waals surface area contributed by atoms with Gasteiger partial charge in [-0.3, -0.25) is 9.59 Å². The molecule has 0 atom stereocenters. The number of carbonyl (C=O) groups excluding carboxylic acids is 2. The molecule has 0 radical (unpaired) electrons. The zero-order valence-electron chi connectivity index (χ0n) is 24.4. The fraction of sp³-hybridized carbons (Fsp3) is 0.931. The van der Waals surface area contributed by atoms with Gasteiger partial charge in [0.1, 0.15) is 11.2 Å². The van der Waals surface area contributed by atoms with Gasteiger partial charge in [-0.05, 0) is 92.2 Å². The number of nitrogens with two attached hydrogens (primary N) is 1. The molecule has 2 fully saturated rings. The maximum Gasteiger partial charge on any atom is 0.309 e. The molecule has 0 aromatic carbocycles. The minimum absolute atomic E-state index is 0.0555. The molecule has 3 N–H and O–H groups in total. The Kier molecular flexibility index (Phi) is 13.9. The van der Waals surface area contributed by atoms with Gasteiger partial charge in [0.25, 0.3) is 0 Å². The van der Waals surface area contributed by atoms with E-state index in [0.29, 0.717) is 19.4 Å². The molecule has 2 aliphatic carbocycles. The largest absolute Gasteiger partial charge is 0.460 e. The average Bonchev–Trinajstić information content (AvgIpc) is 2.76. The van der Waals surface area contributed by atoms with Crippen molar-refractivity contribution in [3.63, 3.8) is 0 Å². The van der Waals surface area contributed by atoms with E-state index in [2.05, 4.69) is 5.32 Å². The number of hydrogen-bond donors (Lipinski definition) is 2. The standard InChI is InChI=1S/C16H32N2O2.C13H24O3/c1-15(2,3)20-14(19)12-16(8-5-4-6-9-16)13-18-11-7-10-17;1-12(2,3)16-11(14)10-13(15-4)8-6-5-7-9-13/h18H,4-13,17H2,1-3H3;5-10H2,1-4H3. The topological polar surface area (TPSA) is 99.9 Å². The second-order valence-corrected chi connectivity index (χ2v) is 12.9. The highest BCUT2D eigenvalue weighted by molar-refractivity contribution is 5.71. The van der Waals surface area contributed by atoms with E-state index in [4.69, 9.17) is 19.9 Å². The molecule has 36 heavy (non-hydrogen) atoms. The Balaban J connectivity index is 0.000000369. The minimum atomic E-state index is -0.402. The summed E-state index contributed by atoms with van der Waals surface area (Å²) >= 11 is 0. The van der Waals surface area contributed by atoms with Crippen LogP contribution < -0.4 is 11.1 Å². The Hall–Kier alpha value is -1.18. The van der Waals surface area contributed by atoms with Crippen molar-refractivity contribution in [1.82, 2.24) is 5.32 Å². The number of carbonyl (C=O) groups is 2. The van der Waals surface area contributed by atoms with Gasteiger partial charge < -0.3 is 25.3 Å². The minimum Gasteiger partial charge on any atom is -0.460 e. The first kappa shape index (κ1) is 32.8. The van der Waals surface area contributed by atoms with E-state index in [9.17, 15) is 9.59 Å². The first-order valence-corrected chi connectivity index (χ1v) is 14.1. The summed E-state index contributed by atoms with van der Waals surface area (Å²) in [5.74, 6) is -0.198. The lowest BCUT2D eigenvalue weighted by Crippen LogP contribution is -2.40. The van der Waals surface area contributed by atoms with Crippen LogP contribution in [0.2, 0.25) is 0 Å². The van der Waals surface area contributed by atoms with Crippen molar-refractivity contribution in [3.05, 3.63) is 0 Å². The molecule has 7 nitrogen and oxygen atoms in total. The molecule has 0 aromatic rings. The molecule has 0 unspecified atom stereocenters. The zero-order valence-corrected chi connectivity index (χ0v) is 24.4. The van der Waals surface area contributed by atoms with Gasteiger partial charge in [-0.2, -0.15) is 0 Å². The molecule has 0 spiro atoms. The van der Waals surface area contributed by atoms with E-state index in [0.717, 1.165) is 58.0 Å². The van der Waals surface area contributed by atoms with Gasteiger partial charge in [-0.25, -0.2) is 0 Å². The van der Waals surface area contributed by atoms with Crippen LogP contribution in [-0.2, 0) is 23.8 Å². The fourth-order valence-electron chi connectivity index (χ4n) is 5.27. The number of esters is 2. The Bertz CT molecular complexity index is 639. The van der Waals surface area contributed by atoms with E-state index in [1.165, 1.54) is 25.7 Å². The Labute approximate surface area is 221 Å². The monoisotopic (exact) mass is 512 g/mol. The summed E-state index contributed by atoms with van der Waals surface area (Å²) in [6.45, 7) is 14.0. The van der Waals surface area contributed by atoms with Crippen LogP contribution in [0.3, 0.4) is 0 Å². The molecule has 7 heteroatoms. The van der Waals surface area contributed by atoms with Crippen LogP contribution >= 0.6 is 0 Å². The SMILES string of the molecule is CC(C)(C)OC(=O)CC1(CNCCCN)CCCCC1.COC1(CC(=O)OC(C)(C)C)CCCCC1. The van der Waals surface area contributed by atoms with Crippen molar-refractivity contribution in [2.45, 2.75) is 142 Å². The maximum atomic E-state index is 12.2.